The summed E-state index contributed by atoms with van der Waals surface area (Å²) in [4.78, 5) is 33.4. The third-order valence-corrected chi connectivity index (χ3v) is 2.24. The zero-order valence-electron chi connectivity index (χ0n) is 12.0. The van der Waals surface area contributed by atoms with Crippen LogP contribution in [0.2, 0.25) is 0 Å². The lowest BCUT2D eigenvalue weighted by Gasteiger charge is -2.09. The largest absolute Gasteiger partial charge is 0.482 e. The van der Waals surface area contributed by atoms with Crippen LogP contribution in [0.1, 0.15) is 0 Å². The topological polar surface area (TPSA) is 93.7 Å². The lowest BCUT2D eigenvalue weighted by Crippen LogP contribution is -2.44. The Morgan fingerprint density at radius 1 is 1.04 bits per heavy atom. The Labute approximate surface area is 132 Å². The van der Waals surface area contributed by atoms with Crippen LogP contribution < -0.4 is 15.4 Å². The highest BCUT2D eigenvalue weighted by atomic mass is 19.4. The summed E-state index contributed by atoms with van der Waals surface area (Å²) in [6, 6.07) is 3.36. The number of rotatable bonds is 6. The fourth-order valence-corrected chi connectivity index (χ4v) is 1.25. The zero-order valence-corrected chi connectivity index (χ0v) is 12.0. The average molecular weight is 352 g/mol. The maximum atomic E-state index is 12.6. The van der Waals surface area contributed by atoms with Crippen LogP contribution in [-0.4, -0.2) is 43.8 Å². The lowest BCUT2D eigenvalue weighted by molar-refractivity contribution is -0.150. The molecular formula is C13H12F4N2O5. The van der Waals surface area contributed by atoms with Crippen molar-refractivity contribution in [2.45, 2.75) is 6.18 Å². The van der Waals surface area contributed by atoms with Gasteiger partial charge in [-0.15, -0.1) is 0 Å². The summed E-state index contributed by atoms with van der Waals surface area (Å²) in [5.41, 5.74) is 0. The number of nitrogens with one attached hydrogen (secondary N) is 2. The number of halogens is 4. The van der Waals surface area contributed by atoms with Crippen LogP contribution in [0.15, 0.2) is 24.3 Å². The van der Waals surface area contributed by atoms with Gasteiger partial charge in [-0.1, -0.05) is 0 Å². The molecule has 0 radical (unpaired) electrons. The second kappa shape index (κ2) is 8.70. The fraction of sp³-hybridized carbons (Fsp3) is 0.308. The minimum Gasteiger partial charge on any atom is -0.482 e. The maximum absolute atomic E-state index is 12.6. The van der Waals surface area contributed by atoms with Gasteiger partial charge in [0.2, 0.25) is 0 Å². The van der Waals surface area contributed by atoms with Crippen molar-refractivity contribution < 1.29 is 41.4 Å². The Balaban J connectivity index is 2.22. The molecule has 132 valence electrons. The minimum atomic E-state index is -4.62. The van der Waals surface area contributed by atoms with Gasteiger partial charge in [0.1, 0.15) is 18.1 Å². The van der Waals surface area contributed by atoms with E-state index in [4.69, 9.17) is 4.74 Å². The summed E-state index contributed by atoms with van der Waals surface area (Å²) in [6.45, 7) is -3.08. The highest BCUT2D eigenvalue weighted by molar-refractivity contribution is 5.95. The van der Waals surface area contributed by atoms with E-state index in [1.807, 2.05) is 0 Å². The highest BCUT2D eigenvalue weighted by Gasteiger charge is 2.28. The molecule has 0 heterocycles. The molecular weight excluding hydrogens is 340 g/mol. The number of esters is 1. The standard InChI is InChI=1S/C13H12F4N2O5/c14-8-1-3-9(4-2-8)23-6-11(21)24-5-10(20)19-12(22)18-7-13(15,16)17/h1-4H,5-7H2,(H2,18,19,20,22). The first-order chi connectivity index (χ1) is 11.2. The summed E-state index contributed by atoms with van der Waals surface area (Å²) >= 11 is 0. The van der Waals surface area contributed by atoms with Crippen LogP contribution >= 0.6 is 0 Å². The van der Waals surface area contributed by atoms with Gasteiger partial charge in [0.05, 0.1) is 0 Å². The first-order valence-corrected chi connectivity index (χ1v) is 6.34. The molecule has 0 unspecified atom stereocenters. The van der Waals surface area contributed by atoms with E-state index >= 15 is 0 Å². The van der Waals surface area contributed by atoms with E-state index < -0.39 is 49.7 Å². The molecule has 0 aliphatic heterocycles. The quantitative estimate of drug-likeness (QED) is 0.591. The molecule has 0 aliphatic rings. The van der Waals surface area contributed by atoms with Gasteiger partial charge < -0.3 is 14.8 Å². The van der Waals surface area contributed by atoms with E-state index in [0.29, 0.717) is 0 Å². The third-order valence-electron chi connectivity index (χ3n) is 2.24. The van der Waals surface area contributed by atoms with Crippen molar-refractivity contribution in [3.63, 3.8) is 0 Å². The Hall–Kier alpha value is -2.85. The van der Waals surface area contributed by atoms with Crippen molar-refractivity contribution in [2.75, 3.05) is 19.8 Å². The van der Waals surface area contributed by atoms with Crippen molar-refractivity contribution in [2.24, 2.45) is 0 Å². The van der Waals surface area contributed by atoms with Crippen LogP contribution in [0.25, 0.3) is 0 Å². The van der Waals surface area contributed by atoms with Crippen molar-refractivity contribution in [1.29, 1.82) is 0 Å². The number of ether oxygens (including phenoxy) is 2. The van der Waals surface area contributed by atoms with Crippen LogP contribution in [0.5, 0.6) is 5.75 Å². The van der Waals surface area contributed by atoms with Gasteiger partial charge in [0.15, 0.2) is 13.2 Å². The Morgan fingerprint density at radius 3 is 2.25 bits per heavy atom. The minimum absolute atomic E-state index is 0.185. The first-order valence-electron chi connectivity index (χ1n) is 6.34. The molecule has 0 fully saturated rings. The predicted molar refractivity (Wildman–Crippen MR) is 70.5 cm³/mol. The van der Waals surface area contributed by atoms with Gasteiger partial charge in [-0.2, -0.15) is 13.2 Å². The van der Waals surface area contributed by atoms with E-state index in [0.717, 1.165) is 12.1 Å². The van der Waals surface area contributed by atoms with Crippen LogP contribution in [0.3, 0.4) is 0 Å². The number of imide groups is 1. The summed E-state index contributed by atoms with van der Waals surface area (Å²) in [6.07, 6.45) is -4.62. The number of urea groups is 1. The maximum Gasteiger partial charge on any atom is 0.405 e. The Morgan fingerprint density at radius 2 is 1.67 bits per heavy atom. The SMILES string of the molecule is O=C(COC(=O)COc1ccc(F)cc1)NC(=O)NCC(F)(F)F. The number of benzene rings is 1. The molecule has 11 heteroatoms. The predicted octanol–water partition coefficient (Wildman–Crippen LogP) is 1.14. The summed E-state index contributed by atoms with van der Waals surface area (Å²) in [5, 5.41) is 2.94. The summed E-state index contributed by atoms with van der Waals surface area (Å²) in [5.74, 6) is -2.40. The first kappa shape index (κ1) is 19.2. The van der Waals surface area contributed by atoms with E-state index in [1.54, 1.807) is 0 Å². The third kappa shape index (κ3) is 8.56. The zero-order chi connectivity index (χ0) is 18.2. The molecule has 0 aromatic heterocycles. The van der Waals surface area contributed by atoms with Crippen molar-refractivity contribution in [3.05, 3.63) is 30.1 Å². The van der Waals surface area contributed by atoms with Gasteiger partial charge in [0, 0.05) is 0 Å². The molecule has 1 aromatic carbocycles. The van der Waals surface area contributed by atoms with Crippen LogP contribution in [0.4, 0.5) is 22.4 Å². The number of alkyl halides is 3. The van der Waals surface area contributed by atoms with E-state index in [-0.39, 0.29) is 5.75 Å². The van der Waals surface area contributed by atoms with Gasteiger partial charge >= 0.3 is 18.2 Å². The second-order valence-electron chi connectivity index (χ2n) is 4.25. The molecule has 1 rings (SSSR count). The summed E-state index contributed by atoms with van der Waals surface area (Å²) in [7, 11) is 0. The molecule has 1 aromatic rings. The Kier molecular flexibility index (Phi) is 6.96. The molecule has 0 saturated heterocycles. The molecule has 0 atom stereocenters. The molecule has 3 amide bonds. The number of amides is 3. The van der Waals surface area contributed by atoms with Gasteiger partial charge in [-0.25, -0.2) is 14.0 Å². The van der Waals surface area contributed by atoms with Crippen LogP contribution in [0, 0.1) is 5.82 Å². The highest BCUT2D eigenvalue weighted by Crippen LogP contribution is 2.12. The van der Waals surface area contributed by atoms with Gasteiger partial charge in [-0.3, -0.25) is 10.1 Å². The van der Waals surface area contributed by atoms with Crippen molar-refractivity contribution in [1.82, 2.24) is 10.6 Å². The van der Waals surface area contributed by atoms with Crippen LogP contribution in [-0.2, 0) is 14.3 Å². The number of hydrogen-bond donors (Lipinski definition) is 2. The number of hydrogen-bond acceptors (Lipinski definition) is 5. The van der Waals surface area contributed by atoms with E-state index in [1.165, 1.54) is 22.8 Å². The number of carbonyl (C=O) groups is 3. The second-order valence-corrected chi connectivity index (χ2v) is 4.25. The molecule has 0 spiro atoms. The molecule has 2 N–H and O–H groups in total. The number of carbonyl (C=O) groups excluding carboxylic acids is 3. The molecule has 0 aliphatic carbocycles. The van der Waals surface area contributed by atoms with E-state index in [2.05, 4.69) is 4.74 Å². The van der Waals surface area contributed by atoms with E-state index in [9.17, 15) is 31.9 Å². The molecule has 0 bridgehead atoms. The van der Waals surface area contributed by atoms with Gasteiger partial charge in [0.25, 0.3) is 5.91 Å². The summed E-state index contributed by atoms with van der Waals surface area (Å²) < 4.78 is 57.5. The fourth-order valence-electron chi connectivity index (χ4n) is 1.25. The Bertz CT molecular complexity index is 589. The lowest BCUT2D eigenvalue weighted by atomic mass is 10.3. The smallest absolute Gasteiger partial charge is 0.405 e. The average Bonchev–Trinajstić information content (AvgIpc) is 2.50. The van der Waals surface area contributed by atoms with Crippen molar-refractivity contribution in [3.8, 4) is 5.75 Å². The van der Waals surface area contributed by atoms with Crippen molar-refractivity contribution >= 4 is 17.9 Å². The normalized spacial score (nSPS) is 10.7. The monoisotopic (exact) mass is 352 g/mol. The molecule has 0 saturated carbocycles. The van der Waals surface area contributed by atoms with Gasteiger partial charge in [-0.05, 0) is 24.3 Å². The molecule has 7 nitrogen and oxygen atoms in total. The molecule has 24 heavy (non-hydrogen) atoms.